The monoisotopic (exact) mass is 669 g/mol. The lowest BCUT2D eigenvalue weighted by Crippen LogP contribution is -2.20. The minimum absolute atomic E-state index is 0.188. The van der Waals surface area contributed by atoms with Crippen molar-refractivity contribution in [2.75, 3.05) is 24.4 Å². The maximum Gasteiger partial charge on any atom is 0.271 e. The van der Waals surface area contributed by atoms with Crippen LogP contribution in [0.2, 0.25) is 0 Å². The third-order valence-electron chi connectivity index (χ3n) is 6.33. The Kier molecular flexibility index (Phi) is 10.0. The van der Waals surface area contributed by atoms with Crippen molar-refractivity contribution in [2.45, 2.75) is 6.92 Å². The molecule has 0 bridgehead atoms. The second kappa shape index (κ2) is 14.5. The van der Waals surface area contributed by atoms with Crippen LogP contribution in [-0.2, 0) is 4.79 Å². The molecule has 0 atom stereocenters. The molecule has 0 aliphatic carbocycles. The fourth-order valence-electron chi connectivity index (χ4n) is 4.04. The quantitative estimate of drug-likeness (QED) is 0.0997. The molecule has 9 nitrogen and oxygen atoms in total. The molecule has 1 aromatic heterocycles. The predicted octanol–water partition coefficient (Wildman–Crippen LogP) is 7.41. The van der Waals surface area contributed by atoms with Crippen molar-refractivity contribution in [3.63, 3.8) is 0 Å². The van der Waals surface area contributed by atoms with Crippen LogP contribution in [0.5, 0.6) is 11.5 Å². The molecule has 3 N–H and O–H groups in total. The second-order valence-electron chi connectivity index (χ2n) is 9.53. The van der Waals surface area contributed by atoms with E-state index in [-0.39, 0.29) is 18.4 Å². The summed E-state index contributed by atoms with van der Waals surface area (Å²) in [5, 5.41) is 12.9. The lowest BCUT2D eigenvalue weighted by molar-refractivity contribution is -0.118. The van der Waals surface area contributed by atoms with E-state index in [1.54, 1.807) is 48.5 Å². The number of aromatic nitrogens is 1. The first-order valence-corrected chi connectivity index (χ1v) is 15.1. The number of amides is 2. The topological polar surface area (TPSA) is 114 Å². The Bertz CT molecular complexity index is 1790. The highest BCUT2D eigenvalue weighted by molar-refractivity contribution is 9.10. The van der Waals surface area contributed by atoms with E-state index in [0.29, 0.717) is 27.2 Å². The van der Waals surface area contributed by atoms with Crippen LogP contribution in [0, 0.1) is 6.92 Å². The molecule has 2 amide bonds. The number of hydrogen-bond acceptors (Lipinski definition) is 8. The summed E-state index contributed by atoms with van der Waals surface area (Å²) in [6, 6.07) is 27.7. The standard InChI is InChI=1S/C33H28BrN5O4S/c1-21-7-14-25(15-8-21)36-33-38-28(20-44-33)23-10-12-24(13-11-23)32(41)39-35-18-22-9-16-29(26(34)17-22)43-19-31(40)37-27-5-3-4-6-30(27)42-2/h3-18,20H,19H2,1-2H3,(H,36,38)(H,37,40)(H,39,41)/b35-18+. The highest BCUT2D eigenvalue weighted by Gasteiger charge is 2.11. The summed E-state index contributed by atoms with van der Waals surface area (Å²) in [6.07, 6.45) is 1.52. The number of carbonyl (C=O) groups is 2. The van der Waals surface area contributed by atoms with Gasteiger partial charge in [-0.2, -0.15) is 5.10 Å². The fraction of sp³-hybridized carbons (Fsp3) is 0.0909. The van der Waals surface area contributed by atoms with Gasteiger partial charge in [-0.15, -0.1) is 11.3 Å². The van der Waals surface area contributed by atoms with Crippen LogP contribution in [-0.4, -0.2) is 36.7 Å². The molecular weight excluding hydrogens is 642 g/mol. The maximum absolute atomic E-state index is 12.6. The molecule has 0 unspecified atom stereocenters. The normalized spacial score (nSPS) is 10.8. The summed E-state index contributed by atoms with van der Waals surface area (Å²) in [7, 11) is 1.54. The van der Waals surface area contributed by atoms with E-state index in [9.17, 15) is 9.59 Å². The lowest BCUT2D eigenvalue weighted by Gasteiger charge is -2.11. The van der Waals surface area contributed by atoms with Gasteiger partial charge in [-0.1, -0.05) is 42.0 Å². The SMILES string of the molecule is COc1ccccc1NC(=O)COc1ccc(/C=N/NC(=O)c2ccc(-c3csc(Nc4ccc(C)cc4)n3)cc2)cc1Br. The molecule has 5 rings (SSSR count). The Hall–Kier alpha value is -5.00. The average Bonchev–Trinajstić information content (AvgIpc) is 3.50. The summed E-state index contributed by atoms with van der Waals surface area (Å²) < 4.78 is 11.5. The Labute approximate surface area is 267 Å². The molecule has 0 spiro atoms. The summed E-state index contributed by atoms with van der Waals surface area (Å²) in [4.78, 5) is 29.6. The lowest BCUT2D eigenvalue weighted by atomic mass is 10.1. The van der Waals surface area contributed by atoms with Crippen molar-refractivity contribution in [1.29, 1.82) is 0 Å². The first-order chi connectivity index (χ1) is 21.4. The van der Waals surface area contributed by atoms with Gasteiger partial charge in [0, 0.05) is 22.2 Å². The van der Waals surface area contributed by atoms with Crippen molar-refractivity contribution in [3.8, 4) is 22.8 Å². The Morgan fingerprint density at radius 3 is 2.50 bits per heavy atom. The minimum Gasteiger partial charge on any atom is -0.495 e. The molecule has 44 heavy (non-hydrogen) atoms. The van der Waals surface area contributed by atoms with E-state index in [0.717, 1.165) is 27.6 Å². The van der Waals surface area contributed by atoms with E-state index in [4.69, 9.17) is 9.47 Å². The highest BCUT2D eigenvalue weighted by Crippen LogP contribution is 2.28. The van der Waals surface area contributed by atoms with E-state index in [2.05, 4.69) is 42.1 Å². The Morgan fingerprint density at radius 1 is 0.977 bits per heavy atom. The van der Waals surface area contributed by atoms with Crippen molar-refractivity contribution < 1.29 is 19.1 Å². The maximum atomic E-state index is 12.6. The van der Waals surface area contributed by atoms with Crippen LogP contribution < -0.4 is 25.5 Å². The zero-order valence-corrected chi connectivity index (χ0v) is 26.2. The number of methoxy groups -OCH3 is 1. The van der Waals surface area contributed by atoms with Gasteiger partial charge in [-0.3, -0.25) is 9.59 Å². The number of nitrogens with zero attached hydrogens (tertiary/aromatic N) is 2. The Morgan fingerprint density at radius 2 is 1.75 bits per heavy atom. The number of hydrogen-bond donors (Lipinski definition) is 3. The van der Waals surface area contributed by atoms with Gasteiger partial charge in [0.15, 0.2) is 11.7 Å². The zero-order chi connectivity index (χ0) is 30.9. The largest absolute Gasteiger partial charge is 0.495 e. The van der Waals surface area contributed by atoms with Crippen LogP contribution in [0.25, 0.3) is 11.3 Å². The van der Waals surface area contributed by atoms with Crippen molar-refractivity contribution in [1.82, 2.24) is 10.4 Å². The van der Waals surface area contributed by atoms with Gasteiger partial charge in [0.1, 0.15) is 11.5 Å². The van der Waals surface area contributed by atoms with E-state index >= 15 is 0 Å². The number of carbonyl (C=O) groups excluding carboxylic acids is 2. The molecule has 0 fully saturated rings. The summed E-state index contributed by atoms with van der Waals surface area (Å²) in [5.74, 6) is 0.383. The smallest absolute Gasteiger partial charge is 0.271 e. The number of hydrazone groups is 1. The molecule has 11 heteroatoms. The number of anilines is 3. The molecule has 1 heterocycles. The van der Waals surface area contributed by atoms with Gasteiger partial charge >= 0.3 is 0 Å². The van der Waals surface area contributed by atoms with Crippen molar-refractivity contribution in [3.05, 3.63) is 118 Å². The number of benzene rings is 4. The number of aryl methyl sites for hydroxylation is 1. The van der Waals surface area contributed by atoms with E-state index in [1.165, 1.54) is 30.2 Å². The first-order valence-electron chi connectivity index (χ1n) is 13.5. The van der Waals surface area contributed by atoms with Gasteiger partial charge in [-0.05, 0) is 83.0 Å². The van der Waals surface area contributed by atoms with E-state index in [1.807, 2.05) is 54.8 Å². The number of halogens is 1. The molecule has 222 valence electrons. The van der Waals surface area contributed by atoms with Crippen LogP contribution in [0.4, 0.5) is 16.5 Å². The van der Waals surface area contributed by atoms with Gasteiger partial charge < -0.3 is 20.1 Å². The number of thiazole rings is 1. The zero-order valence-electron chi connectivity index (χ0n) is 23.8. The van der Waals surface area contributed by atoms with Gasteiger partial charge in [-0.25, -0.2) is 10.4 Å². The third-order valence-corrected chi connectivity index (χ3v) is 7.70. The van der Waals surface area contributed by atoms with Crippen LogP contribution >= 0.6 is 27.3 Å². The number of ether oxygens (including phenoxy) is 2. The van der Waals surface area contributed by atoms with Crippen LogP contribution in [0.1, 0.15) is 21.5 Å². The van der Waals surface area contributed by atoms with Crippen molar-refractivity contribution in [2.24, 2.45) is 5.10 Å². The predicted molar refractivity (Wildman–Crippen MR) is 178 cm³/mol. The second-order valence-corrected chi connectivity index (χ2v) is 11.2. The Balaban J connectivity index is 1.11. The van der Waals surface area contributed by atoms with Gasteiger partial charge in [0.05, 0.1) is 29.2 Å². The molecule has 0 saturated heterocycles. The average molecular weight is 671 g/mol. The summed E-state index contributed by atoms with van der Waals surface area (Å²) in [6.45, 7) is 1.86. The molecular formula is C33H28BrN5O4S. The number of nitrogens with one attached hydrogen (secondary N) is 3. The van der Waals surface area contributed by atoms with Crippen molar-refractivity contribution >= 4 is 61.8 Å². The molecule has 5 aromatic rings. The van der Waals surface area contributed by atoms with Gasteiger partial charge in [0.2, 0.25) is 0 Å². The number of rotatable bonds is 11. The van der Waals surface area contributed by atoms with Crippen LogP contribution in [0.15, 0.2) is 106 Å². The van der Waals surface area contributed by atoms with Gasteiger partial charge in [0.25, 0.3) is 11.8 Å². The minimum atomic E-state index is -0.340. The molecule has 0 aliphatic heterocycles. The molecule has 0 aliphatic rings. The molecule has 0 saturated carbocycles. The first kappa shape index (κ1) is 30.5. The van der Waals surface area contributed by atoms with E-state index < -0.39 is 0 Å². The summed E-state index contributed by atoms with van der Waals surface area (Å²) in [5.41, 5.74) is 8.20. The highest BCUT2D eigenvalue weighted by atomic mass is 79.9. The van der Waals surface area contributed by atoms with Crippen LogP contribution in [0.3, 0.4) is 0 Å². The fourth-order valence-corrected chi connectivity index (χ4v) is 5.29. The summed E-state index contributed by atoms with van der Waals surface area (Å²) >= 11 is 4.97. The number of para-hydroxylation sites is 2. The third kappa shape index (κ3) is 8.09. The molecule has 4 aromatic carbocycles. The molecule has 0 radical (unpaired) electrons.